The Balaban J connectivity index is 1.55. The Bertz CT molecular complexity index is 774. The van der Waals surface area contributed by atoms with Gasteiger partial charge >= 0.3 is 0 Å². The maximum absolute atomic E-state index is 12.4. The number of rotatable bonds is 6. The van der Waals surface area contributed by atoms with Gasteiger partial charge in [-0.25, -0.2) is 0 Å². The fraction of sp³-hybridized carbons (Fsp3) is 0.350. The predicted octanol–water partition coefficient (Wildman–Crippen LogP) is 3.08. The first-order chi connectivity index (χ1) is 13.1. The van der Waals surface area contributed by atoms with Crippen LogP contribution >= 0.6 is 11.6 Å². The highest BCUT2D eigenvalue weighted by molar-refractivity contribution is 6.30. The van der Waals surface area contributed by atoms with Crippen molar-refractivity contribution in [1.82, 2.24) is 4.90 Å². The SMILES string of the molecule is COc1ccc(OC)c(N2CCN(C(=O)COc3ccc(Cl)cc3)CC2)c1. The summed E-state index contributed by atoms with van der Waals surface area (Å²) in [6, 6.07) is 12.7. The fourth-order valence-electron chi connectivity index (χ4n) is 3.01. The standard InChI is InChI=1S/C20H23ClN2O4/c1-25-17-7-8-19(26-2)18(13-17)22-9-11-23(12-10-22)20(24)14-27-16-5-3-15(21)4-6-16/h3-8,13H,9-12,14H2,1-2H3. The summed E-state index contributed by atoms with van der Waals surface area (Å²) in [6.07, 6.45) is 0. The molecule has 2 aromatic rings. The summed E-state index contributed by atoms with van der Waals surface area (Å²) < 4.78 is 16.3. The molecular weight excluding hydrogens is 368 g/mol. The number of hydrogen-bond donors (Lipinski definition) is 0. The highest BCUT2D eigenvalue weighted by Crippen LogP contribution is 2.32. The molecule has 1 amide bonds. The summed E-state index contributed by atoms with van der Waals surface area (Å²) in [7, 11) is 3.29. The van der Waals surface area contributed by atoms with Gasteiger partial charge in [0.2, 0.25) is 0 Å². The molecule has 144 valence electrons. The monoisotopic (exact) mass is 390 g/mol. The van der Waals surface area contributed by atoms with Gasteiger partial charge in [0.05, 0.1) is 19.9 Å². The average Bonchev–Trinajstić information content (AvgIpc) is 2.72. The molecule has 2 aromatic carbocycles. The van der Waals surface area contributed by atoms with Crippen LogP contribution in [0.2, 0.25) is 5.02 Å². The van der Waals surface area contributed by atoms with Crippen molar-refractivity contribution in [2.45, 2.75) is 0 Å². The van der Waals surface area contributed by atoms with E-state index in [2.05, 4.69) is 4.90 Å². The lowest BCUT2D eigenvalue weighted by molar-refractivity contribution is -0.133. The molecule has 1 aliphatic heterocycles. The van der Waals surface area contributed by atoms with Crippen LogP contribution in [0.3, 0.4) is 0 Å². The molecule has 0 unspecified atom stereocenters. The summed E-state index contributed by atoms with van der Waals surface area (Å²) in [6.45, 7) is 2.71. The number of piperazine rings is 1. The van der Waals surface area contributed by atoms with E-state index in [0.717, 1.165) is 30.3 Å². The third-order valence-electron chi connectivity index (χ3n) is 4.54. The zero-order valence-corrected chi connectivity index (χ0v) is 16.2. The van der Waals surface area contributed by atoms with Crippen LogP contribution in [0.5, 0.6) is 17.2 Å². The minimum Gasteiger partial charge on any atom is -0.497 e. The van der Waals surface area contributed by atoms with Crippen molar-refractivity contribution >= 4 is 23.2 Å². The molecule has 27 heavy (non-hydrogen) atoms. The lowest BCUT2D eigenvalue weighted by atomic mass is 10.2. The molecule has 0 radical (unpaired) electrons. The smallest absolute Gasteiger partial charge is 0.260 e. The molecule has 0 saturated carbocycles. The van der Waals surface area contributed by atoms with Gasteiger partial charge in [0.15, 0.2) is 6.61 Å². The Hall–Kier alpha value is -2.60. The summed E-state index contributed by atoms with van der Waals surface area (Å²) in [5.74, 6) is 2.18. The highest BCUT2D eigenvalue weighted by atomic mass is 35.5. The minimum atomic E-state index is -0.0257. The van der Waals surface area contributed by atoms with Gasteiger partial charge in [0, 0.05) is 37.3 Å². The molecule has 3 rings (SSSR count). The maximum Gasteiger partial charge on any atom is 0.260 e. The van der Waals surface area contributed by atoms with E-state index in [0.29, 0.717) is 23.9 Å². The number of anilines is 1. The molecule has 7 heteroatoms. The van der Waals surface area contributed by atoms with Crippen LogP contribution < -0.4 is 19.1 Å². The number of halogens is 1. The van der Waals surface area contributed by atoms with Gasteiger partial charge in [0.25, 0.3) is 5.91 Å². The summed E-state index contributed by atoms with van der Waals surface area (Å²) >= 11 is 5.85. The molecule has 0 N–H and O–H groups in total. The second-order valence-corrected chi connectivity index (χ2v) is 6.58. The molecule has 0 aliphatic carbocycles. The van der Waals surface area contributed by atoms with Crippen LogP contribution in [0.15, 0.2) is 42.5 Å². The van der Waals surface area contributed by atoms with Crippen LogP contribution in [0.1, 0.15) is 0 Å². The summed E-state index contributed by atoms with van der Waals surface area (Å²) in [5, 5.41) is 0.637. The van der Waals surface area contributed by atoms with Gasteiger partial charge in [-0.05, 0) is 36.4 Å². The van der Waals surface area contributed by atoms with E-state index in [1.165, 1.54) is 0 Å². The van der Waals surface area contributed by atoms with E-state index < -0.39 is 0 Å². The van der Waals surface area contributed by atoms with Crippen molar-refractivity contribution in [2.24, 2.45) is 0 Å². The Morgan fingerprint density at radius 2 is 1.63 bits per heavy atom. The topological polar surface area (TPSA) is 51.2 Å². The number of methoxy groups -OCH3 is 2. The van der Waals surface area contributed by atoms with Gasteiger partial charge in [-0.1, -0.05) is 11.6 Å². The molecule has 1 heterocycles. The number of amides is 1. The normalized spacial score (nSPS) is 14.0. The molecule has 1 aliphatic rings. The average molecular weight is 391 g/mol. The predicted molar refractivity (Wildman–Crippen MR) is 105 cm³/mol. The quantitative estimate of drug-likeness (QED) is 0.758. The van der Waals surface area contributed by atoms with Crippen LogP contribution in [0.4, 0.5) is 5.69 Å². The minimum absolute atomic E-state index is 0.0180. The van der Waals surface area contributed by atoms with Crippen molar-refractivity contribution in [1.29, 1.82) is 0 Å². The van der Waals surface area contributed by atoms with Crippen LogP contribution in [0, 0.1) is 0 Å². The number of carbonyl (C=O) groups excluding carboxylic acids is 1. The molecule has 0 atom stereocenters. The summed E-state index contributed by atoms with van der Waals surface area (Å²) in [5.41, 5.74) is 0.973. The Kier molecular flexibility index (Phi) is 6.29. The second-order valence-electron chi connectivity index (χ2n) is 6.15. The van der Waals surface area contributed by atoms with E-state index in [1.54, 1.807) is 38.5 Å². The van der Waals surface area contributed by atoms with Gasteiger partial charge in [-0.2, -0.15) is 0 Å². The van der Waals surface area contributed by atoms with Crippen molar-refractivity contribution in [3.8, 4) is 17.2 Å². The molecule has 1 saturated heterocycles. The van der Waals surface area contributed by atoms with E-state index in [-0.39, 0.29) is 12.5 Å². The van der Waals surface area contributed by atoms with E-state index in [9.17, 15) is 4.79 Å². The molecule has 1 fully saturated rings. The second kappa shape index (κ2) is 8.86. The van der Waals surface area contributed by atoms with Crippen molar-refractivity contribution in [3.63, 3.8) is 0 Å². The first-order valence-corrected chi connectivity index (χ1v) is 9.11. The first kappa shape index (κ1) is 19.2. The fourth-order valence-corrected chi connectivity index (χ4v) is 3.13. The molecular formula is C20H23ClN2O4. The maximum atomic E-state index is 12.4. The Morgan fingerprint density at radius 1 is 0.963 bits per heavy atom. The molecule has 0 spiro atoms. The van der Waals surface area contributed by atoms with E-state index in [1.807, 2.05) is 23.1 Å². The molecule has 6 nitrogen and oxygen atoms in total. The lowest BCUT2D eigenvalue weighted by Crippen LogP contribution is -2.50. The number of ether oxygens (including phenoxy) is 3. The zero-order valence-electron chi connectivity index (χ0n) is 15.5. The zero-order chi connectivity index (χ0) is 19.2. The number of carbonyl (C=O) groups is 1. The third kappa shape index (κ3) is 4.77. The Labute approximate surface area is 164 Å². The number of benzene rings is 2. The van der Waals surface area contributed by atoms with Gasteiger partial charge in [-0.3, -0.25) is 4.79 Å². The molecule has 0 bridgehead atoms. The van der Waals surface area contributed by atoms with Crippen molar-refractivity contribution in [2.75, 3.05) is 51.9 Å². The number of nitrogens with zero attached hydrogens (tertiary/aromatic N) is 2. The Morgan fingerprint density at radius 3 is 2.26 bits per heavy atom. The van der Waals surface area contributed by atoms with E-state index >= 15 is 0 Å². The van der Waals surface area contributed by atoms with Crippen LogP contribution in [0.25, 0.3) is 0 Å². The van der Waals surface area contributed by atoms with E-state index in [4.69, 9.17) is 25.8 Å². The first-order valence-electron chi connectivity index (χ1n) is 8.74. The third-order valence-corrected chi connectivity index (χ3v) is 4.79. The van der Waals surface area contributed by atoms with Gasteiger partial charge in [0.1, 0.15) is 17.2 Å². The largest absolute Gasteiger partial charge is 0.497 e. The van der Waals surface area contributed by atoms with Crippen molar-refractivity contribution in [3.05, 3.63) is 47.5 Å². The van der Waals surface area contributed by atoms with Gasteiger partial charge < -0.3 is 24.0 Å². The van der Waals surface area contributed by atoms with Crippen molar-refractivity contribution < 1.29 is 19.0 Å². The number of hydrogen-bond acceptors (Lipinski definition) is 5. The lowest BCUT2D eigenvalue weighted by Gasteiger charge is -2.36. The molecule has 0 aromatic heterocycles. The van der Waals surface area contributed by atoms with Crippen LogP contribution in [-0.2, 0) is 4.79 Å². The summed E-state index contributed by atoms with van der Waals surface area (Å²) in [4.78, 5) is 16.4. The van der Waals surface area contributed by atoms with Gasteiger partial charge in [-0.15, -0.1) is 0 Å². The van der Waals surface area contributed by atoms with Crippen LogP contribution in [-0.4, -0.2) is 57.8 Å². The highest BCUT2D eigenvalue weighted by Gasteiger charge is 2.23.